The summed E-state index contributed by atoms with van der Waals surface area (Å²) in [5.74, 6) is -3.81. The van der Waals surface area contributed by atoms with Gasteiger partial charge >= 0.3 is 13.1 Å². The molecule has 0 radical (unpaired) electrons. The first-order valence-corrected chi connectivity index (χ1v) is 41.6. The van der Waals surface area contributed by atoms with Crippen molar-refractivity contribution in [2.75, 3.05) is 82.2 Å². The van der Waals surface area contributed by atoms with Gasteiger partial charge in [-0.2, -0.15) is 38.2 Å². The lowest BCUT2D eigenvalue weighted by Gasteiger charge is -2.27. The lowest BCUT2D eigenvalue weighted by Crippen LogP contribution is -2.48. The van der Waals surface area contributed by atoms with Crippen molar-refractivity contribution in [1.82, 2.24) is 25.8 Å². The van der Waals surface area contributed by atoms with Crippen LogP contribution in [0.1, 0.15) is 125 Å². The molecule has 1 fully saturated rings. The van der Waals surface area contributed by atoms with Crippen molar-refractivity contribution in [3.63, 3.8) is 0 Å². The van der Waals surface area contributed by atoms with E-state index in [2.05, 4.69) is 20.9 Å². The number of rotatable bonds is 38. The summed E-state index contributed by atoms with van der Waals surface area (Å²) in [4.78, 5) is 71.2. The molecule has 109 heavy (non-hydrogen) atoms. The quantitative estimate of drug-likeness (QED) is 0.00940. The van der Waals surface area contributed by atoms with Crippen molar-refractivity contribution in [3.8, 4) is 11.5 Å². The topological polar surface area (TPSA) is 459 Å². The molecule has 0 bridgehead atoms. The number of benzene rings is 4. The Bertz CT molecular complexity index is 4890. The number of ether oxygens (including phenoxy) is 4. The number of allylic oxidation sites excluding steroid dienone is 7. The van der Waals surface area contributed by atoms with Gasteiger partial charge in [-0.3, -0.25) is 42.4 Å². The molecule has 4 aliphatic rings. The summed E-state index contributed by atoms with van der Waals surface area (Å²) in [5.41, 5.74) is 4.46. The van der Waals surface area contributed by atoms with Crippen molar-refractivity contribution in [2.24, 2.45) is 0 Å². The van der Waals surface area contributed by atoms with Gasteiger partial charge in [0.05, 0.1) is 89.7 Å². The van der Waals surface area contributed by atoms with Gasteiger partial charge in [-0.15, -0.1) is 0 Å². The highest BCUT2D eigenvalue weighted by Crippen LogP contribution is 2.49. The predicted molar refractivity (Wildman–Crippen MR) is 402 cm³/mol. The molecule has 9 rings (SSSR count). The molecular formula is C73H91BN7O24S4+. The fourth-order valence-electron chi connectivity index (χ4n) is 13.7. The van der Waals surface area contributed by atoms with Gasteiger partial charge in [0.15, 0.2) is 5.71 Å². The molecule has 0 spiro atoms. The van der Waals surface area contributed by atoms with Crippen LogP contribution >= 0.6 is 0 Å². The molecule has 0 unspecified atom stereocenters. The minimum Gasteiger partial charge on any atom is -0.493 e. The molecule has 4 amide bonds. The monoisotopic (exact) mass is 1590 g/mol. The van der Waals surface area contributed by atoms with Gasteiger partial charge in [-0.25, -0.2) is 4.79 Å². The highest BCUT2D eigenvalue weighted by atomic mass is 32.2. The summed E-state index contributed by atoms with van der Waals surface area (Å²) in [6, 6.07) is 20.1. The number of aliphatic carboxylic acids is 1. The van der Waals surface area contributed by atoms with Crippen LogP contribution in [0.15, 0.2) is 148 Å². The minimum atomic E-state index is -4.63. The molecule has 10 N–H and O–H groups in total. The smallest absolute Gasteiger partial charge is 0.475 e. The van der Waals surface area contributed by atoms with E-state index in [0.717, 1.165) is 0 Å². The van der Waals surface area contributed by atoms with Crippen LogP contribution in [0.25, 0.3) is 10.9 Å². The van der Waals surface area contributed by atoms with E-state index < -0.39 is 106 Å². The highest BCUT2D eigenvalue weighted by molar-refractivity contribution is 7.86. The third-order valence-electron chi connectivity index (χ3n) is 19.3. The number of aromatic nitrogens is 1. The number of hydrogen-bond donors (Lipinski definition) is 10. The summed E-state index contributed by atoms with van der Waals surface area (Å²) >= 11 is 0. The van der Waals surface area contributed by atoms with E-state index >= 15 is 0 Å². The van der Waals surface area contributed by atoms with Gasteiger partial charge < -0.3 is 59.9 Å². The van der Waals surface area contributed by atoms with Crippen LogP contribution < -0.4 is 30.3 Å². The maximum absolute atomic E-state index is 13.2. The molecule has 31 nitrogen and oxygen atoms in total. The largest absolute Gasteiger partial charge is 0.493 e. The molecular weight excluding hydrogens is 1500 g/mol. The molecule has 1 aliphatic carbocycles. The Kier molecular flexibility index (Phi) is 28.1. The maximum atomic E-state index is 13.2. The van der Waals surface area contributed by atoms with Crippen LogP contribution in [-0.4, -0.2) is 213 Å². The minimum absolute atomic E-state index is 0.000334. The first-order valence-electron chi connectivity index (χ1n) is 35.5. The molecule has 0 saturated carbocycles. The number of amides is 4. The third kappa shape index (κ3) is 22.7. The van der Waals surface area contributed by atoms with Gasteiger partial charge in [0.1, 0.15) is 29.8 Å². The zero-order chi connectivity index (χ0) is 79.2. The van der Waals surface area contributed by atoms with Crippen LogP contribution in [0.3, 0.4) is 0 Å². The van der Waals surface area contributed by atoms with Crippen molar-refractivity contribution in [3.05, 3.63) is 160 Å². The number of unbranched alkanes of at least 4 members (excludes halogenated alkanes) is 2. The Hall–Kier alpha value is -8.79. The van der Waals surface area contributed by atoms with Gasteiger partial charge in [0.25, 0.3) is 46.4 Å². The SMILES string of the molecule is CC1(C)C(/C=C/C2=C(Oc3ccc(C[C@H](NC(=O)CCOCCOCCNC(=O)CCOc4ccc5nccc(C(=O)NCC(=O)N6CCC[C@H]6B(O)O)c5c4)C(=O)O)cc3)C(=C/C=C3/N(CCCCS(=O)(=O)O)c4ccc(S(=O)(=O)O)cc4C3(C)C)/CCC2)=[N+](CCCCS(=O)(=O)O)c2ccc(S(=O)(=O)O)cc21. The second-order valence-electron chi connectivity index (χ2n) is 27.8. The van der Waals surface area contributed by atoms with Crippen LogP contribution in [-0.2, 0) is 86.4 Å². The second kappa shape index (κ2) is 36.4. The number of carboxylic acid groups (broad SMARTS) is 1. The van der Waals surface area contributed by atoms with E-state index in [1.807, 2.05) is 61.5 Å². The Morgan fingerprint density at radius 2 is 1.36 bits per heavy atom. The molecule has 1 saturated heterocycles. The van der Waals surface area contributed by atoms with E-state index in [4.69, 9.17) is 18.9 Å². The van der Waals surface area contributed by atoms with Gasteiger partial charge in [-0.1, -0.05) is 32.1 Å². The number of hydrogen-bond acceptors (Lipinski definition) is 21. The number of anilines is 1. The predicted octanol–water partition coefficient (Wildman–Crippen LogP) is 5.98. The van der Waals surface area contributed by atoms with E-state index in [0.29, 0.717) is 130 Å². The van der Waals surface area contributed by atoms with Crippen LogP contribution in [0, 0.1) is 0 Å². The summed E-state index contributed by atoms with van der Waals surface area (Å²) < 4.78 is 162. The van der Waals surface area contributed by atoms with Gasteiger partial charge in [-0.05, 0) is 166 Å². The Labute approximate surface area is 633 Å². The molecule has 4 aromatic carbocycles. The number of nitrogens with one attached hydrogen (secondary N) is 3. The van der Waals surface area contributed by atoms with Crippen LogP contribution in [0.5, 0.6) is 11.5 Å². The molecule has 3 aliphatic heterocycles. The lowest BCUT2D eigenvalue weighted by atomic mass is 9.78. The van der Waals surface area contributed by atoms with E-state index in [-0.39, 0.29) is 113 Å². The number of carbonyl (C=O) groups excluding carboxylic acids is 4. The number of fused-ring (bicyclic) bond motifs is 3. The third-order valence-corrected chi connectivity index (χ3v) is 22.6. The van der Waals surface area contributed by atoms with Crippen molar-refractivity contribution >= 4 is 105 Å². The molecule has 5 aromatic rings. The number of pyridine rings is 1. The first-order chi connectivity index (χ1) is 51.4. The van der Waals surface area contributed by atoms with E-state index in [9.17, 15) is 91.0 Å². The maximum Gasteiger partial charge on any atom is 0.475 e. The average molecular weight is 1590 g/mol. The average Bonchev–Trinajstić information content (AvgIpc) is 1.60. The van der Waals surface area contributed by atoms with Crippen molar-refractivity contribution < 1.29 is 115 Å². The molecule has 2 atom stereocenters. The molecule has 4 heterocycles. The van der Waals surface area contributed by atoms with Crippen LogP contribution in [0.2, 0.25) is 0 Å². The summed E-state index contributed by atoms with van der Waals surface area (Å²) in [5, 5.41) is 37.9. The fraction of sp³-hybridized carbons (Fsp3) is 0.438. The molecule has 588 valence electrons. The van der Waals surface area contributed by atoms with Crippen molar-refractivity contribution in [2.45, 2.75) is 137 Å². The first kappa shape index (κ1) is 84.2. The Morgan fingerprint density at radius 1 is 0.697 bits per heavy atom. The Balaban J connectivity index is 0.817. The second-order valence-corrected chi connectivity index (χ2v) is 33.8. The number of likely N-dealkylation sites (tertiary alicyclic amines) is 1. The zero-order valence-corrected chi connectivity index (χ0v) is 63.9. The standard InChI is InChI=1S/C73H90BN7O24S4/c1-72(2)57-45-53(108(96,97)98)21-24-61(57)79(33-5-7-41-106(90,91)92)63(72)26-16-49-11-9-12-50(17-27-64-73(3,4)58-46-54(109(99,100)101)22-25-62(58)80(64)34-6-8-42-107(93,94)95)69(49)105-51-18-14-48(15-19-51)43-60(71(86)87)78-67(83)29-36-102-39-40-103-38-32-76-66(82)30-37-104-52-20-23-59-56(44-52)55(28-31-75-59)70(85)77-47-68(84)81-35-10-13-65(81)74(88)89/h14-28,31,44-46,60,65,88-89H,5-13,29-30,32-43,47H2,1-4H3,(H7-,76,77,78,82,83,85,86,87,90,91,92,93,94,95,96,97,98,99,100,101)/p+1/t60-,65-/m0/s1. The van der Waals surface area contributed by atoms with Crippen molar-refractivity contribution in [1.29, 1.82) is 0 Å². The molecule has 1 aromatic heterocycles. The summed E-state index contributed by atoms with van der Waals surface area (Å²) in [6.45, 7) is 8.42. The zero-order valence-electron chi connectivity index (χ0n) is 60.7. The van der Waals surface area contributed by atoms with E-state index in [1.54, 1.807) is 54.6 Å². The molecule has 36 heteroatoms. The van der Waals surface area contributed by atoms with Crippen LogP contribution in [0.4, 0.5) is 11.4 Å². The lowest BCUT2D eigenvalue weighted by molar-refractivity contribution is -0.438. The highest BCUT2D eigenvalue weighted by Gasteiger charge is 2.46. The number of carbonyl (C=O) groups is 5. The fourth-order valence-corrected chi connectivity index (χ4v) is 15.9. The van der Waals surface area contributed by atoms with Gasteiger partial charge in [0, 0.05) is 85.0 Å². The Morgan fingerprint density at radius 3 is 2.04 bits per heavy atom. The van der Waals surface area contributed by atoms with E-state index in [1.165, 1.54) is 41.4 Å². The van der Waals surface area contributed by atoms with Gasteiger partial charge in [0.2, 0.25) is 23.4 Å². The number of nitrogens with zero attached hydrogens (tertiary/aromatic N) is 4. The summed E-state index contributed by atoms with van der Waals surface area (Å²) in [6.07, 6.45) is 12.0. The summed E-state index contributed by atoms with van der Waals surface area (Å²) in [7, 11) is -19.5. The number of carboxylic acids is 1. The normalized spacial score (nSPS) is 17.5.